The van der Waals surface area contributed by atoms with E-state index in [0.29, 0.717) is 86.9 Å². The molecular formula is C68H105N21O6. The van der Waals surface area contributed by atoms with Crippen molar-refractivity contribution >= 4 is 69.1 Å². The zero-order valence-corrected chi connectivity index (χ0v) is 55.8. The highest BCUT2D eigenvalue weighted by Gasteiger charge is 2.28. The number of aliphatic carboxylic acids is 2. The van der Waals surface area contributed by atoms with Crippen LogP contribution in [0.3, 0.4) is 0 Å². The molecule has 5 aromatic rings. The normalized spacial score (nSPS) is 19.3. The number of benzene rings is 2. The first kappa shape index (κ1) is 71.6. The minimum absolute atomic E-state index is 0.00757. The van der Waals surface area contributed by atoms with Crippen molar-refractivity contribution in [2.75, 3.05) is 93.3 Å². The van der Waals surface area contributed by atoms with Gasteiger partial charge in [0.25, 0.3) is 0 Å². The minimum atomic E-state index is -1.10. The van der Waals surface area contributed by atoms with Crippen molar-refractivity contribution < 1.29 is 29.4 Å². The van der Waals surface area contributed by atoms with Gasteiger partial charge in [-0.15, -0.1) is 5.10 Å². The Bertz CT molecular complexity index is 3260. The van der Waals surface area contributed by atoms with Gasteiger partial charge in [-0.1, -0.05) is 49.1 Å². The number of hydrogen-bond acceptors (Lipinski definition) is 22. The quantitative estimate of drug-likeness (QED) is 0.0135. The molecule has 1 saturated heterocycles. The molecule has 0 spiro atoms. The third kappa shape index (κ3) is 23.6. The summed E-state index contributed by atoms with van der Waals surface area (Å²) in [6.45, 7) is 9.07. The SMILES string of the molecule is CN(C/C(=C/NCCCNCCCNC1CCCC(c2ccc3c(NC4CCC(NC(=O)CCCC(=O)O)CC4)nc(NCc4cn(CCCNCCCNC5CCCCC5)nn4)nc3c2)C1)N=N)c1nc(NC2CCN(C(=O)CC[C@H](N)C(=O)O)CC2)c2ccccc2n1. The Morgan fingerprint density at radius 1 is 0.705 bits per heavy atom. The van der Waals surface area contributed by atoms with Gasteiger partial charge in [0, 0.05) is 99.7 Å². The van der Waals surface area contributed by atoms with E-state index in [4.69, 9.17) is 41.4 Å². The lowest BCUT2D eigenvalue weighted by Crippen LogP contribution is -2.43. The minimum Gasteiger partial charge on any atom is -0.481 e. The molecule has 1 aliphatic heterocycles. The van der Waals surface area contributed by atoms with E-state index in [1.807, 2.05) is 47.1 Å². The molecule has 0 bridgehead atoms. The number of hydrogen-bond donors (Lipinski definition) is 13. The summed E-state index contributed by atoms with van der Waals surface area (Å²) < 4.78 is 1.91. The lowest BCUT2D eigenvalue weighted by Gasteiger charge is -2.33. The maximum atomic E-state index is 12.8. The molecule has 4 fully saturated rings. The van der Waals surface area contributed by atoms with Gasteiger partial charge in [0.15, 0.2) is 0 Å². The highest BCUT2D eigenvalue weighted by molar-refractivity contribution is 5.91. The van der Waals surface area contributed by atoms with Gasteiger partial charge in [-0.2, -0.15) is 15.1 Å². The molecule has 27 heteroatoms. The van der Waals surface area contributed by atoms with Gasteiger partial charge in [0.1, 0.15) is 23.4 Å². The first-order valence-electron chi connectivity index (χ1n) is 35.2. The fraction of sp³-hybridized carbons (Fsp3) is 0.647. The molecule has 3 saturated carbocycles. The van der Waals surface area contributed by atoms with Crippen LogP contribution in [0.15, 0.2) is 65.7 Å². The summed E-state index contributed by atoms with van der Waals surface area (Å²) in [6, 6.07) is 14.9. The number of anilines is 4. The standard InChI is InChI=1S/C68H105N21O6/c1-87(68-81-59-18-6-5-17-56(59)65(83-68)79-52-29-39-88(40-30-52)62(91)28-27-58(69)66(94)95)45-54(84-70)43-73-34-9-31-71-32-11-37-75-53-16-7-13-47(41-53)48-21-26-57-60(42-48)80-67(82-64(57)78-51-24-22-50(23-25-51)77-61(90)19-8-20-63(92)93)76-44-55-46-89(86-85-55)38-12-35-72-33-10-36-74-49-14-3-2-4-15-49/h5-6,17-18,21,26,42-43,46-47,49-53,58,70-75H,2-4,7-16,19-20,22-25,27-41,44-45,69H2,1H3,(H,77,90)(H,92,93)(H,94,95)(H,79,81,83)(H2,76,78,80,82)/b54-43-,84-70?/t47?,50?,51?,53?,58-/m0/s1. The summed E-state index contributed by atoms with van der Waals surface area (Å²) in [5, 5.41) is 64.8. The van der Waals surface area contributed by atoms with Gasteiger partial charge in [-0.05, 0) is 184 Å². The zero-order valence-electron chi connectivity index (χ0n) is 55.8. The smallest absolute Gasteiger partial charge is 0.320 e. The summed E-state index contributed by atoms with van der Waals surface area (Å²) in [6.07, 6.45) is 24.6. The van der Waals surface area contributed by atoms with Crippen LogP contribution in [0.4, 0.5) is 23.5 Å². The van der Waals surface area contributed by atoms with Crippen LogP contribution in [0.5, 0.6) is 0 Å². The number of nitrogens with two attached hydrogens (primary N) is 1. The van der Waals surface area contributed by atoms with E-state index in [2.05, 4.69) is 81.5 Å². The molecule has 9 rings (SSSR count). The summed E-state index contributed by atoms with van der Waals surface area (Å²) in [5.74, 6) is 0.749. The van der Waals surface area contributed by atoms with Crippen LogP contribution in [-0.4, -0.2) is 183 Å². The average Bonchev–Trinajstić information content (AvgIpc) is 1.08. The monoisotopic (exact) mass is 1310 g/mol. The van der Waals surface area contributed by atoms with Crippen LogP contribution < -0.4 is 58.5 Å². The van der Waals surface area contributed by atoms with Crippen molar-refractivity contribution in [3.8, 4) is 0 Å². The number of piperidine rings is 1. The van der Waals surface area contributed by atoms with Crippen LogP contribution in [-0.2, 0) is 32.3 Å². The van der Waals surface area contributed by atoms with Gasteiger partial charge in [0.05, 0.1) is 36.0 Å². The van der Waals surface area contributed by atoms with E-state index in [1.165, 1.54) is 37.7 Å². The van der Waals surface area contributed by atoms with Crippen molar-refractivity contribution in [1.82, 2.24) is 71.7 Å². The Balaban J connectivity index is 0.697. The second kappa shape index (κ2) is 38.1. The first-order chi connectivity index (χ1) is 46.3. The van der Waals surface area contributed by atoms with Gasteiger partial charge in [-0.25, -0.2) is 15.5 Å². The molecule has 4 aliphatic rings. The van der Waals surface area contributed by atoms with E-state index in [0.717, 1.165) is 163 Å². The fourth-order valence-corrected chi connectivity index (χ4v) is 13.5. The van der Waals surface area contributed by atoms with E-state index in [-0.39, 0.29) is 55.6 Å². The average molecular weight is 1310 g/mol. The molecule has 0 radical (unpaired) electrons. The van der Waals surface area contributed by atoms with Crippen molar-refractivity contribution in [3.05, 3.63) is 71.8 Å². The third-order valence-corrected chi connectivity index (χ3v) is 19.0. The maximum absolute atomic E-state index is 12.8. The topological polar surface area (TPSA) is 368 Å². The fourth-order valence-electron chi connectivity index (χ4n) is 13.5. The van der Waals surface area contributed by atoms with E-state index in [1.54, 1.807) is 11.1 Å². The Morgan fingerprint density at radius 2 is 1.39 bits per heavy atom. The highest BCUT2D eigenvalue weighted by Crippen LogP contribution is 2.36. The summed E-state index contributed by atoms with van der Waals surface area (Å²) in [5.41, 5.74) is 17.9. The second-order valence-electron chi connectivity index (χ2n) is 26.5. The number of para-hydroxylation sites is 1. The first-order valence-corrected chi connectivity index (χ1v) is 35.2. The maximum Gasteiger partial charge on any atom is 0.320 e. The lowest BCUT2D eigenvalue weighted by atomic mass is 9.81. The number of carboxylic acid groups (broad SMARTS) is 2. The number of aromatic nitrogens is 7. The molecule has 518 valence electrons. The van der Waals surface area contributed by atoms with Crippen molar-refractivity contribution in [3.63, 3.8) is 0 Å². The molecule has 2 amide bonds. The van der Waals surface area contributed by atoms with Crippen molar-refractivity contribution in [2.24, 2.45) is 10.8 Å². The van der Waals surface area contributed by atoms with Gasteiger partial charge < -0.3 is 73.6 Å². The van der Waals surface area contributed by atoms with Gasteiger partial charge in [-0.3, -0.25) is 23.9 Å². The number of fused-ring (bicyclic) bond motifs is 2. The molecule has 2 aromatic carbocycles. The lowest BCUT2D eigenvalue weighted by molar-refractivity contribution is -0.139. The summed E-state index contributed by atoms with van der Waals surface area (Å²) >= 11 is 0. The zero-order chi connectivity index (χ0) is 66.6. The molecule has 4 heterocycles. The predicted molar refractivity (Wildman–Crippen MR) is 370 cm³/mol. The number of likely N-dealkylation sites (tertiary alicyclic amines) is 1. The number of nitrogens with one attached hydrogen (secondary N) is 10. The van der Waals surface area contributed by atoms with Crippen LogP contribution >= 0.6 is 0 Å². The predicted octanol–water partition coefficient (Wildman–Crippen LogP) is 7.34. The van der Waals surface area contributed by atoms with E-state index < -0.39 is 18.0 Å². The molecule has 27 nitrogen and oxygen atoms in total. The second-order valence-corrected chi connectivity index (χ2v) is 26.5. The van der Waals surface area contributed by atoms with Crippen LogP contribution in [0.1, 0.15) is 171 Å². The number of carbonyl (C=O) groups is 4. The Kier molecular flexibility index (Phi) is 28.7. The van der Waals surface area contributed by atoms with Gasteiger partial charge in [0.2, 0.25) is 23.7 Å². The van der Waals surface area contributed by atoms with Crippen LogP contribution in [0.25, 0.3) is 21.8 Å². The molecular weight excluding hydrogens is 1210 g/mol. The van der Waals surface area contributed by atoms with Crippen molar-refractivity contribution in [1.29, 1.82) is 5.53 Å². The Morgan fingerprint density at radius 3 is 2.14 bits per heavy atom. The third-order valence-electron chi connectivity index (χ3n) is 19.0. The molecule has 3 aromatic heterocycles. The van der Waals surface area contributed by atoms with Crippen LogP contribution in [0, 0.1) is 5.53 Å². The van der Waals surface area contributed by atoms with Gasteiger partial charge >= 0.3 is 11.9 Å². The largest absolute Gasteiger partial charge is 0.481 e. The van der Waals surface area contributed by atoms with Crippen molar-refractivity contribution in [2.45, 2.75) is 209 Å². The molecule has 2 unspecified atom stereocenters. The number of rotatable bonds is 40. The number of carboxylic acids is 2. The number of nitrogens with zero attached hydrogens (tertiary/aromatic N) is 10. The summed E-state index contributed by atoms with van der Waals surface area (Å²) in [7, 11) is 1.88. The number of carbonyl (C=O) groups excluding carboxylic acids is 2. The molecule has 3 atom stereocenters. The number of aryl methyl sites for hydroxylation is 1. The van der Waals surface area contributed by atoms with Crippen LogP contribution in [0.2, 0.25) is 0 Å². The number of likely N-dealkylation sites (N-methyl/N-ethyl adjacent to an activating group) is 1. The van der Waals surface area contributed by atoms with E-state index in [9.17, 15) is 19.2 Å². The Labute approximate surface area is 558 Å². The summed E-state index contributed by atoms with van der Waals surface area (Å²) in [4.78, 5) is 71.1. The number of amides is 2. The van der Waals surface area contributed by atoms with E-state index >= 15 is 0 Å². The Hall–Kier alpha value is -7.72. The molecule has 3 aliphatic carbocycles. The molecule has 95 heavy (non-hydrogen) atoms. The molecule has 14 N–H and O–H groups in total. The highest BCUT2D eigenvalue weighted by atomic mass is 16.4.